The molecule has 152 valence electrons. The highest BCUT2D eigenvalue weighted by Gasteiger charge is 2.34. The van der Waals surface area contributed by atoms with Crippen molar-refractivity contribution in [2.24, 2.45) is 17.5 Å². The van der Waals surface area contributed by atoms with Crippen LogP contribution in [0.5, 0.6) is 0 Å². The Bertz CT molecular complexity index is 944. The summed E-state index contributed by atoms with van der Waals surface area (Å²) in [4.78, 5) is 25.0. The van der Waals surface area contributed by atoms with E-state index in [4.69, 9.17) is 34.8 Å². The Morgan fingerprint density at radius 1 is 1.14 bits per heavy atom. The highest BCUT2D eigenvalue weighted by Crippen LogP contribution is 2.27. The summed E-state index contributed by atoms with van der Waals surface area (Å²) in [7, 11) is 0. The quantitative estimate of drug-likeness (QED) is 0.427. The number of nitrogens with one attached hydrogen (secondary N) is 2. The summed E-state index contributed by atoms with van der Waals surface area (Å²) in [5.74, 6) is 4.87. The van der Waals surface area contributed by atoms with Gasteiger partial charge in [-0.3, -0.25) is 14.6 Å². The molecule has 3 rings (SSSR count). The van der Waals surface area contributed by atoms with E-state index in [0.29, 0.717) is 15.7 Å². The van der Waals surface area contributed by atoms with Crippen LogP contribution in [0.4, 0.5) is 5.69 Å². The van der Waals surface area contributed by atoms with Crippen molar-refractivity contribution in [2.75, 3.05) is 5.32 Å². The molecule has 2 unspecified atom stereocenters. The molecule has 0 fully saturated rings. The third-order valence-corrected chi connectivity index (χ3v) is 5.26. The Morgan fingerprint density at radius 3 is 2.28 bits per heavy atom. The summed E-state index contributed by atoms with van der Waals surface area (Å²) < 4.78 is 0. The average Bonchev–Trinajstić information content (AvgIpc) is 2.70. The van der Waals surface area contributed by atoms with Crippen LogP contribution < -0.4 is 22.2 Å². The van der Waals surface area contributed by atoms with Crippen LogP contribution in [-0.2, 0) is 9.59 Å². The van der Waals surface area contributed by atoms with Gasteiger partial charge < -0.3 is 16.4 Å². The minimum absolute atomic E-state index is 0.0715. The van der Waals surface area contributed by atoms with Crippen molar-refractivity contribution in [2.45, 2.75) is 19.4 Å². The normalized spacial score (nSPS) is 17.5. The number of rotatable bonds is 5. The minimum Gasteiger partial charge on any atom is -0.398 e. The van der Waals surface area contributed by atoms with Gasteiger partial charge in [0.25, 0.3) is 0 Å². The summed E-state index contributed by atoms with van der Waals surface area (Å²) in [6.45, 7) is 1.85. The molecule has 6 N–H and O–H groups in total. The predicted molar refractivity (Wildman–Crippen MR) is 113 cm³/mol. The molecule has 0 aromatic heterocycles. The maximum Gasteiger partial charge on any atom is 0.234 e. The number of anilines is 1. The Morgan fingerprint density at radius 2 is 1.69 bits per heavy atom. The Hall–Kier alpha value is -2.74. The van der Waals surface area contributed by atoms with Gasteiger partial charge in [0, 0.05) is 22.2 Å². The molecule has 29 heavy (non-hydrogen) atoms. The number of benzene rings is 2. The predicted octanol–water partition coefficient (Wildman–Crippen LogP) is 3.13. The first kappa shape index (κ1) is 21.0. The van der Waals surface area contributed by atoms with Crippen LogP contribution in [0.25, 0.3) is 0 Å². The van der Waals surface area contributed by atoms with Gasteiger partial charge in [0.15, 0.2) is 0 Å². The first-order chi connectivity index (χ1) is 13.8. The first-order valence-corrected chi connectivity index (χ1v) is 9.67. The van der Waals surface area contributed by atoms with Crippen molar-refractivity contribution in [1.82, 2.24) is 10.3 Å². The topological polar surface area (TPSA) is 113 Å². The third-order valence-electron chi connectivity index (χ3n) is 4.75. The molecule has 0 saturated heterocycles. The summed E-state index contributed by atoms with van der Waals surface area (Å²) in [5.41, 5.74) is 7.87. The van der Waals surface area contributed by atoms with Gasteiger partial charge in [-0.2, -0.15) is 0 Å². The third kappa shape index (κ3) is 4.82. The number of hydrogen-bond acceptors (Lipinski definition) is 5. The van der Waals surface area contributed by atoms with Crippen LogP contribution in [-0.4, -0.2) is 16.8 Å². The second-order valence-electron chi connectivity index (χ2n) is 6.74. The lowest BCUT2D eigenvalue weighted by atomic mass is 9.96. The van der Waals surface area contributed by atoms with E-state index in [-0.39, 0.29) is 29.9 Å². The van der Waals surface area contributed by atoms with E-state index < -0.39 is 11.8 Å². The summed E-state index contributed by atoms with van der Waals surface area (Å²) in [5, 5.41) is 7.93. The maximum atomic E-state index is 12.7. The molecule has 0 saturated carbocycles. The second-order valence-corrected chi connectivity index (χ2v) is 7.61. The van der Waals surface area contributed by atoms with E-state index in [1.807, 2.05) is 19.1 Å². The van der Waals surface area contributed by atoms with Crippen LogP contribution in [0.3, 0.4) is 0 Å². The molecule has 2 aromatic carbocycles. The van der Waals surface area contributed by atoms with Crippen molar-refractivity contribution in [3.8, 4) is 0 Å². The lowest BCUT2D eigenvalue weighted by Crippen LogP contribution is -2.49. The molecule has 1 aliphatic heterocycles. The highest BCUT2D eigenvalue weighted by atomic mass is 35.5. The monoisotopic (exact) mass is 433 g/mol. The lowest BCUT2D eigenvalue weighted by Gasteiger charge is -2.34. The smallest absolute Gasteiger partial charge is 0.234 e. The van der Waals surface area contributed by atoms with Gasteiger partial charge in [-0.1, -0.05) is 35.3 Å². The summed E-state index contributed by atoms with van der Waals surface area (Å²) in [6.07, 6.45) is -0.0715. The van der Waals surface area contributed by atoms with Gasteiger partial charge >= 0.3 is 0 Å². The standard InChI is InChI=1S/C20H21Cl2N5O2/c1-11(12-2-4-13(21)5-3-12)27(24)19-18(23)16(10-17(28)26-19)20(29)25-15-8-6-14(22)7-9-15/h2-9,11,16H,10,23-24H2,1H3,(H,25,29)(H,26,28). The number of hydrazine groups is 1. The molecule has 7 nitrogen and oxygen atoms in total. The van der Waals surface area contributed by atoms with E-state index in [1.54, 1.807) is 36.4 Å². The maximum absolute atomic E-state index is 12.7. The number of nitrogens with zero attached hydrogens (tertiary/aromatic N) is 1. The molecular formula is C20H21Cl2N5O2. The average molecular weight is 434 g/mol. The van der Waals surface area contributed by atoms with Gasteiger partial charge in [-0.25, -0.2) is 5.84 Å². The Labute approximate surface area is 178 Å². The Balaban J connectivity index is 1.83. The molecule has 9 heteroatoms. The van der Waals surface area contributed by atoms with Crippen molar-refractivity contribution in [1.29, 1.82) is 0 Å². The fourth-order valence-corrected chi connectivity index (χ4v) is 3.27. The number of hydrogen-bond donors (Lipinski definition) is 4. The zero-order chi connectivity index (χ0) is 21.1. The van der Waals surface area contributed by atoms with Crippen LogP contribution in [0, 0.1) is 5.92 Å². The Kier molecular flexibility index (Phi) is 6.32. The molecule has 0 aliphatic carbocycles. The minimum atomic E-state index is -0.849. The van der Waals surface area contributed by atoms with E-state index >= 15 is 0 Å². The number of carbonyl (C=O) groups is 2. The SMILES string of the molecule is CC(c1ccc(Cl)cc1)N(N)C1=C(N)C(C(=O)Nc2ccc(Cl)cc2)CC(=O)N1. The number of amides is 2. The van der Waals surface area contributed by atoms with Crippen molar-refractivity contribution in [3.05, 3.63) is 75.7 Å². The van der Waals surface area contributed by atoms with E-state index in [0.717, 1.165) is 5.56 Å². The zero-order valence-electron chi connectivity index (χ0n) is 15.7. The largest absolute Gasteiger partial charge is 0.398 e. The van der Waals surface area contributed by atoms with Crippen molar-refractivity contribution in [3.63, 3.8) is 0 Å². The van der Waals surface area contributed by atoms with Crippen molar-refractivity contribution >= 4 is 40.7 Å². The number of carbonyl (C=O) groups excluding carboxylic acids is 2. The van der Waals surface area contributed by atoms with Crippen LogP contribution in [0.15, 0.2) is 60.0 Å². The second kappa shape index (κ2) is 8.73. The molecule has 2 atom stereocenters. The molecule has 0 spiro atoms. The number of nitrogens with two attached hydrogens (primary N) is 2. The van der Waals surface area contributed by atoms with E-state index in [1.165, 1.54) is 5.01 Å². The van der Waals surface area contributed by atoms with Crippen LogP contribution in [0.1, 0.15) is 24.9 Å². The van der Waals surface area contributed by atoms with E-state index in [9.17, 15) is 9.59 Å². The highest BCUT2D eigenvalue weighted by molar-refractivity contribution is 6.30. The molecule has 2 aromatic rings. The van der Waals surface area contributed by atoms with Gasteiger partial charge in [-0.05, 0) is 48.9 Å². The van der Waals surface area contributed by atoms with Crippen molar-refractivity contribution < 1.29 is 9.59 Å². The fraction of sp³-hybridized carbons (Fsp3) is 0.200. The zero-order valence-corrected chi connectivity index (χ0v) is 17.2. The van der Waals surface area contributed by atoms with Gasteiger partial charge in [0.05, 0.1) is 17.7 Å². The van der Waals surface area contributed by atoms with Crippen LogP contribution >= 0.6 is 23.2 Å². The first-order valence-electron chi connectivity index (χ1n) is 8.91. The molecular weight excluding hydrogens is 413 g/mol. The lowest BCUT2D eigenvalue weighted by molar-refractivity contribution is -0.127. The molecule has 1 heterocycles. The van der Waals surface area contributed by atoms with Crippen LogP contribution in [0.2, 0.25) is 10.0 Å². The van der Waals surface area contributed by atoms with E-state index in [2.05, 4.69) is 10.6 Å². The molecule has 0 bridgehead atoms. The summed E-state index contributed by atoms with van der Waals surface area (Å²) >= 11 is 11.8. The number of halogens is 2. The molecule has 0 radical (unpaired) electrons. The summed E-state index contributed by atoms with van der Waals surface area (Å²) in [6, 6.07) is 13.5. The van der Waals surface area contributed by atoms with Gasteiger partial charge in [0.1, 0.15) is 5.82 Å². The van der Waals surface area contributed by atoms with Gasteiger partial charge in [-0.15, -0.1) is 0 Å². The molecule has 1 aliphatic rings. The fourth-order valence-electron chi connectivity index (χ4n) is 3.02. The molecule has 2 amide bonds. The van der Waals surface area contributed by atoms with Gasteiger partial charge in [0.2, 0.25) is 11.8 Å².